The summed E-state index contributed by atoms with van der Waals surface area (Å²) in [6.07, 6.45) is 5.32. The molecule has 1 aliphatic heterocycles. The van der Waals surface area contributed by atoms with Crippen molar-refractivity contribution in [3.05, 3.63) is 29.3 Å². The number of para-hydroxylation sites is 1. The van der Waals surface area contributed by atoms with E-state index in [0.29, 0.717) is 0 Å². The molecule has 4 heteroatoms. The number of benzene rings is 1. The number of nitrogens with zero attached hydrogens (tertiary/aromatic N) is 2. The van der Waals surface area contributed by atoms with Crippen molar-refractivity contribution in [2.24, 2.45) is 0 Å². The molecule has 2 aromatic rings. The second-order valence-corrected chi connectivity index (χ2v) is 7.08. The molecule has 2 nitrogen and oxygen atoms in total. The minimum Gasteiger partial charge on any atom is -0.294 e. The van der Waals surface area contributed by atoms with E-state index in [-0.39, 0.29) is 0 Å². The van der Waals surface area contributed by atoms with E-state index in [1.165, 1.54) is 41.9 Å². The van der Waals surface area contributed by atoms with Crippen LogP contribution in [-0.2, 0) is 6.54 Å². The lowest BCUT2D eigenvalue weighted by Gasteiger charge is -2.34. The second-order valence-electron chi connectivity index (χ2n) is 5.17. The fourth-order valence-electron chi connectivity index (χ4n) is 2.88. The largest absolute Gasteiger partial charge is 0.294 e. The molecule has 0 aliphatic carbocycles. The number of halogens is 1. The molecule has 0 spiro atoms. The van der Waals surface area contributed by atoms with Gasteiger partial charge in [0.2, 0.25) is 0 Å². The molecule has 0 bridgehead atoms. The van der Waals surface area contributed by atoms with E-state index in [2.05, 4.69) is 45.1 Å². The Balaban J connectivity index is 1.75. The SMILES string of the molecule is BrCCC1CCCCN1Cc1nc2ccccc2s1. The smallest absolute Gasteiger partial charge is 0.108 e. The average Bonchev–Trinajstić information content (AvgIpc) is 2.83. The van der Waals surface area contributed by atoms with E-state index in [4.69, 9.17) is 4.98 Å². The van der Waals surface area contributed by atoms with Crippen LogP contribution in [0, 0.1) is 0 Å². The predicted molar refractivity (Wildman–Crippen MR) is 86.1 cm³/mol. The highest BCUT2D eigenvalue weighted by Crippen LogP contribution is 2.26. The lowest BCUT2D eigenvalue weighted by molar-refractivity contribution is 0.137. The Morgan fingerprint density at radius 2 is 2.21 bits per heavy atom. The lowest BCUT2D eigenvalue weighted by Crippen LogP contribution is -2.39. The van der Waals surface area contributed by atoms with Crippen molar-refractivity contribution >= 4 is 37.5 Å². The third-order valence-corrected chi connectivity index (χ3v) is 5.35. The summed E-state index contributed by atoms with van der Waals surface area (Å²) in [4.78, 5) is 7.39. The second kappa shape index (κ2) is 6.33. The van der Waals surface area contributed by atoms with Crippen molar-refractivity contribution < 1.29 is 0 Å². The first kappa shape index (κ1) is 13.5. The van der Waals surface area contributed by atoms with Crippen LogP contribution in [0.2, 0.25) is 0 Å². The molecular weight excluding hydrogens is 320 g/mol. The zero-order valence-corrected chi connectivity index (χ0v) is 13.4. The molecule has 0 N–H and O–H groups in total. The number of aromatic nitrogens is 1. The van der Waals surface area contributed by atoms with Crippen LogP contribution < -0.4 is 0 Å². The van der Waals surface area contributed by atoms with Crippen molar-refractivity contribution in [1.29, 1.82) is 0 Å². The summed E-state index contributed by atoms with van der Waals surface area (Å²) in [6, 6.07) is 9.18. The van der Waals surface area contributed by atoms with Gasteiger partial charge in [0, 0.05) is 11.4 Å². The maximum atomic E-state index is 4.77. The minimum atomic E-state index is 0.736. The van der Waals surface area contributed by atoms with Crippen molar-refractivity contribution in [2.75, 3.05) is 11.9 Å². The van der Waals surface area contributed by atoms with Gasteiger partial charge in [-0.05, 0) is 37.9 Å². The molecule has 1 fully saturated rings. The highest BCUT2D eigenvalue weighted by molar-refractivity contribution is 9.09. The van der Waals surface area contributed by atoms with Crippen LogP contribution in [0.25, 0.3) is 10.2 Å². The number of fused-ring (bicyclic) bond motifs is 1. The summed E-state index contributed by atoms with van der Waals surface area (Å²) in [7, 11) is 0. The van der Waals surface area contributed by atoms with Gasteiger partial charge in [0.05, 0.1) is 16.8 Å². The van der Waals surface area contributed by atoms with Gasteiger partial charge >= 0.3 is 0 Å². The monoisotopic (exact) mass is 338 g/mol. The summed E-state index contributed by atoms with van der Waals surface area (Å²) < 4.78 is 1.31. The summed E-state index contributed by atoms with van der Waals surface area (Å²) >= 11 is 5.43. The number of alkyl halides is 1. The van der Waals surface area contributed by atoms with Gasteiger partial charge in [0.25, 0.3) is 0 Å². The highest BCUT2D eigenvalue weighted by atomic mass is 79.9. The number of hydrogen-bond donors (Lipinski definition) is 0. The quantitative estimate of drug-likeness (QED) is 0.766. The minimum absolute atomic E-state index is 0.736. The zero-order valence-electron chi connectivity index (χ0n) is 11.0. The summed E-state index contributed by atoms with van der Waals surface area (Å²) in [6.45, 7) is 2.25. The standard InChI is InChI=1S/C15H19BrN2S/c16-9-8-12-5-3-4-10-18(12)11-15-17-13-6-1-2-7-14(13)19-15/h1-2,6-7,12H,3-5,8-11H2. The molecular formula is C15H19BrN2S. The van der Waals surface area contributed by atoms with Crippen LogP contribution in [-0.4, -0.2) is 27.8 Å². The molecule has 0 saturated carbocycles. The third kappa shape index (κ3) is 3.18. The highest BCUT2D eigenvalue weighted by Gasteiger charge is 2.22. The molecule has 1 saturated heterocycles. The Labute approximate surface area is 127 Å². The van der Waals surface area contributed by atoms with Crippen LogP contribution in [0.1, 0.15) is 30.7 Å². The van der Waals surface area contributed by atoms with E-state index in [9.17, 15) is 0 Å². The summed E-state index contributed by atoms with van der Waals surface area (Å²) in [5, 5.41) is 2.37. The van der Waals surface area contributed by atoms with E-state index in [0.717, 1.165) is 23.4 Å². The molecule has 0 radical (unpaired) electrons. The zero-order chi connectivity index (χ0) is 13.1. The van der Waals surface area contributed by atoms with Crippen molar-refractivity contribution in [1.82, 2.24) is 9.88 Å². The molecule has 1 unspecified atom stereocenters. The van der Waals surface area contributed by atoms with E-state index >= 15 is 0 Å². The van der Waals surface area contributed by atoms with Crippen LogP contribution >= 0.6 is 27.3 Å². The van der Waals surface area contributed by atoms with E-state index in [1.807, 2.05) is 11.3 Å². The fraction of sp³-hybridized carbons (Fsp3) is 0.533. The Morgan fingerprint density at radius 3 is 3.05 bits per heavy atom. The maximum Gasteiger partial charge on any atom is 0.108 e. The maximum absolute atomic E-state index is 4.77. The van der Waals surface area contributed by atoms with Crippen molar-refractivity contribution in [3.63, 3.8) is 0 Å². The molecule has 102 valence electrons. The van der Waals surface area contributed by atoms with E-state index < -0.39 is 0 Å². The van der Waals surface area contributed by atoms with Crippen molar-refractivity contribution in [2.45, 2.75) is 38.3 Å². The average molecular weight is 339 g/mol. The number of thiazole rings is 1. The Kier molecular flexibility index (Phi) is 4.51. The molecule has 1 atom stereocenters. The molecule has 0 amide bonds. The molecule has 3 rings (SSSR count). The first-order chi connectivity index (χ1) is 9.36. The van der Waals surface area contributed by atoms with Gasteiger partial charge in [-0.2, -0.15) is 0 Å². The summed E-state index contributed by atoms with van der Waals surface area (Å²) in [5.41, 5.74) is 1.15. The number of rotatable bonds is 4. The number of hydrogen-bond acceptors (Lipinski definition) is 3. The molecule has 2 heterocycles. The molecule has 1 aliphatic rings. The van der Waals surface area contributed by atoms with Gasteiger partial charge in [0.1, 0.15) is 5.01 Å². The van der Waals surface area contributed by atoms with Gasteiger partial charge in [-0.3, -0.25) is 4.90 Å². The third-order valence-electron chi connectivity index (χ3n) is 3.87. The van der Waals surface area contributed by atoms with Crippen LogP contribution in [0.3, 0.4) is 0 Å². The van der Waals surface area contributed by atoms with Gasteiger partial charge in [-0.25, -0.2) is 4.98 Å². The Bertz CT molecular complexity index is 505. The van der Waals surface area contributed by atoms with Gasteiger partial charge in [0.15, 0.2) is 0 Å². The summed E-state index contributed by atoms with van der Waals surface area (Å²) in [5.74, 6) is 0. The topological polar surface area (TPSA) is 16.1 Å². The fourth-order valence-corrected chi connectivity index (χ4v) is 4.40. The number of piperidine rings is 1. The Morgan fingerprint density at radius 1 is 1.32 bits per heavy atom. The molecule has 1 aromatic carbocycles. The van der Waals surface area contributed by atoms with Crippen LogP contribution in [0.5, 0.6) is 0 Å². The van der Waals surface area contributed by atoms with Gasteiger partial charge in [-0.15, -0.1) is 11.3 Å². The lowest BCUT2D eigenvalue weighted by atomic mass is 10.0. The molecule has 1 aromatic heterocycles. The van der Waals surface area contributed by atoms with E-state index in [1.54, 1.807) is 0 Å². The van der Waals surface area contributed by atoms with Crippen molar-refractivity contribution in [3.8, 4) is 0 Å². The first-order valence-corrected chi connectivity index (χ1v) is 8.95. The Hall–Kier alpha value is -0.450. The first-order valence-electron chi connectivity index (χ1n) is 7.01. The van der Waals surface area contributed by atoms with Crippen LogP contribution in [0.4, 0.5) is 0 Å². The molecule has 19 heavy (non-hydrogen) atoms. The normalized spacial score (nSPS) is 21.0. The predicted octanol–water partition coefficient (Wildman–Crippen LogP) is 4.44. The van der Waals surface area contributed by atoms with Crippen LogP contribution in [0.15, 0.2) is 24.3 Å². The van der Waals surface area contributed by atoms with Gasteiger partial charge in [-0.1, -0.05) is 34.5 Å². The number of likely N-dealkylation sites (tertiary alicyclic amines) is 1. The van der Waals surface area contributed by atoms with Gasteiger partial charge < -0.3 is 0 Å².